The summed E-state index contributed by atoms with van der Waals surface area (Å²) in [5.74, 6) is -0.151. The first-order chi connectivity index (χ1) is 18.9. The van der Waals surface area contributed by atoms with Gasteiger partial charge in [0.25, 0.3) is 5.91 Å². The summed E-state index contributed by atoms with van der Waals surface area (Å²) >= 11 is 0. The second-order valence-corrected chi connectivity index (χ2v) is 12.6. The number of nitrogens with zero attached hydrogens (tertiary/aromatic N) is 2. The van der Waals surface area contributed by atoms with E-state index in [0.29, 0.717) is 25.2 Å². The van der Waals surface area contributed by atoms with Gasteiger partial charge in [0.05, 0.1) is 30.0 Å². The fraction of sp³-hybridized carbons (Fsp3) is 0.483. The lowest BCUT2D eigenvalue weighted by Crippen LogP contribution is -2.41. The Bertz CT molecular complexity index is 1360. The third-order valence-corrected chi connectivity index (χ3v) is 9.82. The van der Waals surface area contributed by atoms with Crippen molar-refractivity contribution < 1.29 is 17.9 Å². The lowest BCUT2D eigenvalue weighted by Gasteiger charge is -2.31. The molecule has 1 amide bonds. The summed E-state index contributed by atoms with van der Waals surface area (Å²) in [6.45, 7) is 6.83. The summed E-state index contributed by atoms with van der Waals surface area (Å²) < 4.78 is 33.0. The molecule has 0 atom stereocenters. The van der Waals surface area contributed by atoms with E-state index < -0.39 is 15.9 Å². The summed E-state index contributed by atoms with van der Waals surface area (Å²) in [5, 5.41) is 4.28. The van der Waals surface area contributed by atoms with Crippen LogP contribution < -0.4 is 11.1 Å². The molecule has 39 heavy (non-hydrogen) atoms. The first kappa shape index (κ1) is 27.8. The van der Waals surface area contributed by atoms with Crippen LogP contribution in [0.1, 0.15) is 41.1 Å². The average Bonchev–Trinajstić information content (AvgIpc) is 3.39. The molecular formula is C29H39N5O4S. The number of amides is 1. The number of rotatable bonds is 11. The third kappa shape index (κ3) is 6.70. The smallest absolute Gasteiger partial charge is 0.250 e. The van der Waals surface area contributed by atoms with E-state index in [9.17, 15) is 13.2 Å². The molecular weight excluding hydrogens is 514 g/mol. The Morgan fingerprint density at radius 3 is 2.49 bits per heavy atom. The van der Waals surface area contributed by atoms with E-state index in [1.54, 1.807) is 4.31 Å². The Balaban J connectivity index is 1.17. The lowest BCUT2D eigenvalue weighted by atomic mass is 9.88. The van der Waals surface area contributed by atoms with Crippen LogP contribution in [0.5, 0.6) is 0 Å². The topological polar surface area (TPSA) is 121 Å². The Morgan fingerprint density at radius 2 is 1.77 bits per heavy atom. The van der Waals surface area contributed by atoms with Crippen molar-refractivity contribution in [2.45, 2.75) is 25.2 Å². The highest BCUT2D eigenvalue weighted by Gasteiger charge is 2.30. The molecule has 0 aliphatic carbocycles. The normalized spacial score (nSPS) is 18.1. The minimum Gasteiger partial charge on any atom is -0.379 e. The Hall–Kier alpha value is -2.76. The zero-order chi connectivity index (χ0) is 27.2. The molecule has 0 saturated carbocycles. The number of fused-ring (bicyclic) bond motifs is 1. The number of benzene rings is 2. The maximum atomic E-state index is 13.0. The number of sulfonamides is 1. The van der Waals surface area contributed by atoms with Gasteiger partial charge >= 0.3 is 0 Å². The van der Waals surface area contributed by atoms with Gasteiger partial charge < -0.3 is 20.8 Å². The number of morpholine rings is 1. The van der Waals surface area contributed by atoms with E-state index in [2.05, 4.69) is 21.3 Å². The molecule has 210 valence electrons. The van der Waals surface area contributed by atoms with Crippen LogP contribution in [0.3, 0.4) is 0 Å². The fourth-order valence-corrected chi connectivity index (χ4v) is 7.16. The molecule has 0 radical (unpaired) electrons. The van der Waals surface area contributed by atoms with Crippen molar-refractivity contribution in [2.75, 3.05) is 64.8 Å². The number of hydrogen-bond acceptors (Lipinski definition) is 6. The Labute approximate surface area is 230 Å². The van der Waals surface area contributed by atoms with Gasteiger partial charge in [-0.2, -0.15) is 0 Å². The van der Waals surface area contributed by atoms with Gasteiger partial charge in [-0.05, 0) is 67.1 Å². The molecule has 4 N–H and O–H groups in total. The minimum absolute atomic E-state index is 0.116. The summed E-state index contributed by atoms with van der Waals surface area (Å²) in [4.78, 5) is 17.9. The van der Waals surface area contributed by atoms with E-state index in [1.165, 1.54) is 0 Å². The van der Waals surface area contributed by atoms with Crippen LogP contribution in [0, 0.1) is 0 Å². The van der Waals surface area contributed by atoms with Gasteiger partial charge in [0.2, 0.25) is 10.0 Å². The van der Waals surface area contributed by atoms with Crippen LogP contribution in [0.4, 0.5) is 0 Å². The molecule has 1 aromatic heterocycles. The molecule has 2 saturated heterocycles. The number of nitrogens with one attached hydrogen (secondary N) is 2. The van der Waals surface area contributed by atoms with Gasteiger partial charge in [0, 0.05) is 44.3 Å². The van der Waals surface area contributed by atoms with E-state index >= 15 is 0 Å². The maximum absolute atomic E-state index is 13.0. The van der Waals surface area contributed by atoms with Gasteiger partial charge in [-0.1, -0.05) is 30.3 Å². The van der Waals surface area contributed by atoms with Crippen LogP contribution in [0.15, 0.2) is 48.7 Å². The van der Waals surface area contributed by atoms with Crippen molar-refractivity contribution >= 4 is 26.8 Å². The number of carbonyl (C=O) groups is 1. The monoisotopic (exact) mass is 553 g/mol. The molecule has 0 unspecified atom stereocenters. The Morgan fingerprint density at radius 1 is 1.03 bits per heavy atom. The molecule has 2 aliphatic rings. The molecule has 2 aliphatic heterocycles. The van der Waals surface area contributed by atoms with Crippen molar-refractivity contribution in [2.24, 2.45) is 5.73 Å². The first-order valence-electron chi connectivity index (χ1n) is 13.9. The highest BCUT2D eigenvalue weighted by Crippen LogP contribution is 2.37. The number of ether oxygens (including phenoxy) is 1. The highest BCUT2D eigenvalue weighted by molar-refractivity contribution is 7.89. The number of carbonyl (C=O) groups excluding carboxylic acids is 1. The van der Waals surface area contributed by atoms with Crippen LogP contribution in [0.25, 0.3) is 22.0 Å². The summed E-state index contributed by atoms with van der Waals surface area (Å²) in [6, 6.07) is 13.9. The van der Waals surface area contributed by atoms with E-state index in [1.807, 2.05) is 42.6 Å². The van der Waals surface area contributed by atoms with Gasteiger partial charge in [0.15, 0.2) is 0 Å². The second-order valence-electron chi connectivity index (χ2n) is 10.5. The number of aromatic nitrogens is 1. The van der Waals surface area contributed by atoms with Crippen LogP contribution in [-0.4, -0.2) is 93.3 Å². The minimum atomic E-state index is -3.31. The van der Waals surface area contributed by atoms with Crippen molar-refractivity contribution in [3.05, 3.63) is 59.8 Å². The molecule has 10 heteroatoms. The molecule has 9 nitrogen and oxygen atoms in total. The summed E-state index contributed by atoms with van der Waals surface area (Å²) in [5.41, 5.74) is 10.0. The zero-order valence-electron chi connectivity index (χ0n) is 22.4. The predicted octanol–water partition coefficient (Wildman–Crippen LogP) is 2.75. The quantitative estimate of drug-likeness (QED) is 0.314. The van der Waals surface area contributed by atoms with Crippen molar-refractivity contribution in [1.82, 2.24) is 19.5 Å². The number of aromatic amines is 1. The molecule has 5 rings (SSSR count). The fourth-order valence-electron chi connectivity index (χ4n) is 5.73. The maximum Gasteiger partial charge on any atom is 0.250 e. The average molecular weight is 554 g/mol. The molecule has 3 aromatic rings. The largest absolute Gasteiger partial charge is 0.379 e. The first-order valence-corrected chi connectivity index (χ1v) is 15.5. The lowest BCUT2D eigenvalue weighted by molar-refractivity contribution is 0.0375. The number of H-pyrrole nitrogens is 1. The van der Waals surface area contributed by atoms with E-state index in [4.69, 9.17) is 10.5 Å². The zero-order valence-corrected chi connectivity index (χ0v) is 23.2. The van der Waals surface area contributed by atoms with E-state index in [-0.39, 0.29) is 11.7 Å². The SMILES string of the molecule is NC(=O)c1cc(-c2ccccc2)cc2c(C3CCN(S(=O)(=O)CCNCCCN4CCOCC4)CC3)c[nH]c12. The van der Waals surface area contributed by atoms with Gasteiger partial charge in [-0.25, -0.2) is 12.7 Å². The van der Waals surface area contributed by atoms with Crippen molar-refractivity contribution in [3.63, 3.8) is 0 Å². The second kappa shape index (κ2) is 12.6. The van der Waals surface area contributed by atoms with Crippen LogP contribution >= 0.6 is 0 Å². The number of primary amides is 1. The molecule has 3 heterocycles. The molecule has 0 bridgehead atoms. The van der Waals surface area contributed by atoms with Crippen LogP contribution in [-0.2, 0) is 14.8 Å². The molecule has 2 aromatic carbocycles. The Kier molecular flexibility index (Phi) is 8.99. The third-order valence-electron chi connectivity index (χ3n) is 7.95. The highest BCUT2D eigenvalue weighted by atomic mass is 32.2. The van der Waals surface area contributed by atoms with Crippen molar-refractivity contribution in [3.8, 4) is 11.1 Å². The number of piperidine rings is 1. The van der Waals surface area contributed by atoms with Gasteiger partial charge in [0.1, 0.15) is 0 Å². The number of nitrogens with two attached hydrogens (primary N) is 1. The summed E-state index contributed by atoms with van der Waals surface area (Å²) in [6.07, 6.45) is 4.43. The standard InChI is InChI=1S/C29H39N5O4S/c30-29(35)26-20-24(22-5-2-1-3-6-22)19-25-27(21-32-28(25)26)23-7-12-34(13-8-23)39(36,37)18-10-31-9-4-11-33-14-16-38-17-15-33/h1-3,5-6,19-21,23,31-32H,4,7-18H2,(H2,30,35). The number of hydrogen-bond donors (Lipinski definition) is 3. The van der Waals surface area contributed by atoms with E-state index in [0.717, 1.165) is 86.2 Å². The van der Waals surface area contributed by atoms with Gasteiger partial charge in [-0.15, -0.1) is 0 Å². The van der Waals surface area contributed by atoms with Crippen molar-refractivity contribution in [1.29, 1.82) is 0 Å². The van der Waals surface area contributed by atoms with Gasteiger partial charge in [-0.3, -0.25) is 9.69 Å². The molecule has 2 fully saturated rings. The van der Waals surface area contributed by atoms with Crippen LogP contribution in [0.2, 0.25) is 0 Å². The predicted molar refractivity (Wildman–Crippen MR) is 154 cm³/mol. The summed E-state index contributed by atoms with van der Waals surface area (Å²) in [7, 11) is -3.31. The molecule has 0 spiro atoms.